The molecule has 0 aliphatic rings. The smallest absolute Gasteiger partial charge is 0.357 e. The monoisotopic (exact) mass is 563 g/mol. The minimum Gasteiger partial charge on any atom is -0.478 e. The molecule has 3 aromatic carbocycles. The van der Waals surface area contributed by atoms with E-state index in [1.807, 2.05) is 54.6 Å². The Morgan fingerprint density at radius 3 is 2.20 bits per heavy atom. The summed E-state index contributed by atoms with van der Waals surface area (Å²) in [7, 11) is 0. The summed E-state index contributed by atoms with van der Waals surface area (Å²) < 4.78 is 5.29. The van der Waals surface area contributed by atoms with Crippen LogP contribution in [-0.4, -0.2) is 70.5 Å². The molecule has 3 aromatic rings. The van der Waals surface area contributed by atoms with E-state index in [4.69, 9.17) is 4.74 Å². The normalized spacial score (nSPS) is 13.2. The molecule has 41 heavy (non-hydrogen) atoms. The van der Waals surface area contributed by atoms with Crippen LogP contribution in [0.4, 0.5) is 4.79 Å². The Morgan fingerprint density at radius 1 is 0.951 bits per heavy atom. The fourth-order valence-corrected chi connectivity index (χ4v) is 4.28. The average molecular weight is 564 g/mol. The standard InChI is InChI=1S/C31H37N3O7/c1-20(2)19-34(31(4,40)29(37)38)30(39)33-27(28(36)41-16-15-32-21(3)35)17-22-9-11-24(12-10-22)26-14-13-23-7-5-6-8-25(23)18-26/h5-14,18,20,27,40H,15-17,19H2,1-4H3,(H,32,35)(H,33,39)(H,37,38). The van der Waals surface area contributed by atoms with Crippen molar-refractivity contribution in [3.05, 3.63) is 72.3 Å². The Morgan fingerprint density at radius 2 is 1.59 bits per heavy atom. The third-order valence-electron chi connectivity index (χ3n) is 6.50. The van der Waals surface area contributed by atoms with Gasteiger partial charge in [0.2, 0.25) is 11.6 Å². The van der Waals surface area contributed by atoms with Gasteiger partial charge in [-0.25, -0.2) is 14.4 Å². The summed E-state index contributed by atoms with van der Waals surface area (Å²) in [6.07, 6.45) is 0.0491. The van der Waals surface area contributed by atoms with E-state index >= 15 is 0 Å². The molecule has 10 heteroatoms. The first kappa shape index (κ1) is 31.1. The number of carboxylic acid groups (broad SMARTS) is 1. The second kappa shape index (κ2) is 13.8. The summed E-state index contributed by atoms with van der Waals surface area (Å²) >= 11 is 0. The zero-order valence-electron chi connectivity index (χ0n) is 23.7. The first-order valence-corrected chi connectivity index (χ1v) is 13.4. The van der Waals surface area contributed by atoms with E-state index < -0.39 is 29.7 Å². The Kier molecular flexibility index (Phi) is 10.4. The van der Waals surface area contributed by atoms with Crippen LogP contribution in [0.15, 0.2) is 66.7 Å². The summed E-state index contributed by atoms with van der Waals surface area (Å²) in [6.45, 7) is 5.78. The van der Waals surface area contributed by atoms with E-state index in [1.165, 1.54) is 6.92 Å². The Balaban J connectivity index is 1.82. The van der Waals surface area contributed by atoms with Crippen molar-refractivity contribution in [3.63, 3.8) is 0 Å². The maximum atomic E-state index is 13.2. The number of amides is 3. The molecule has 0 spiro atoms. The first-order chi connectivity index (χ1) is 19.4. The fraction of sp³-hybridized carbons (Fsp3) is 0.355. The predicted octanol–water partition coefficient (Wildman–Crippen LogP) is 3.56. The second-order valence-corrected chi connectivity index (χ2v) is 10.4. The van der Waals surface area contributed by atoms with Crippen molar-refractivity contribution in [2.45, 2.75) is 45.9 Å². The van der Waals surface area contributed by atoms with E-state index in [9.17, 15) is 29.4 Å². The fourth-order valence-electron chi connectivity index (χ4n) is 4.28. The minimum atomic E-state index is -2.50. The van der Waals surface area contributed by atoms with E-state index in [-0.39, 0.29) is 37.9 Å². The van der Waals surface area contributed by atoms with Gasteiger partial charge in [0.1, 0.15) is 12.6 Å². The van der Waals surface area contributed by atoms with Gasteiger partial charge in [0.15, 0.2) is 0 Å². The number of aliphatic hydroxyl groups is 1. The number of carbonyl (C=O) groups excluding carboxylic acids is 3. The van der Waals surface area contributed by atoms with Crippen molar-refractivity contribution in [1.29, 1.82) is 0 Å². The molecule has 10 nitrogen and oxygen atoms in total. The van der Waals surface area contributed by atoms with E-state index in [2.05, 4.69) is 22.8 Å². The van der Waals surface area contributed by atoms with Crippen LogP contribution in [0.25, 0.3) is 21.9 Å². The van der Waals surface area contributed by atoms with Crippen LogP contribution < -0.4 is 10.6 Å². The number of aliphatic carboxylic acids is 1. The second-order valence-electron chi connectivity index (χ2n) is 10.4. The summed E-state index contributed by atoms with van der Waals surface area (Å²) in [5.41, 5.74) is 0.214. The summed E-state index contributed by atoms with van der Waals surface area (Å²) in [5.74, 6) is -2.82. The van der Waals surface area contributed by atoms with Crippen molar-refractivity contribution >= 4 is 34.6 Å². The van der Waals surface area contributed by atoms with Crippen LogP contribution in [0.3, 0.4) is 0 Å². The number of rotatable bonds is 12. The lowest BCUT2D eigenvalue weighted by atomic mass is 9.98. The van der Waals surface area contributed by atoms with Crippen LogP contribution in [0.1, 0.15) is 33.3 Å². The highest BCUT2D eigenvalue weighted by atomic mass is 16.5. The third kappa shape index (κ3) is 8.52. The van der Waals surface area contributed by atoms with Gasteiger partial charge in [-0.05, 0) is 46.4 Å². The Bertz CT molecular complexity index is 1390. The van der Waals surface area contributed by atoms with Gasteiger partial charge in [-0.3, -0.25) is 9.69 Å². The van der Waals surface area contributed by atoms with Crippen LogP contribution in [0.5, 0.6) is 0 Å². The quantitative estimate of drug-likeness (QED) is 0.150. The number of carboxylic acids is 1. The molecule has 2 unspecified atom stereocenters. The summed E-state index contributed by atoms with van der Waals surface area (Å²) in [5, 5.41) is 27.4. The molecule has 4 N–H and O–H groups in total. The molecule has 3 rings (SSSR count). The molecule has 0 aliphatic heterocycles. The number of hydrogen-bond acceptors (Lipinski definition) is 6. The molecule has 2 atom stereocenters. The number of nitrogens with zero attached hydrogens (tertiary/aromatic N) is 1. The number of urea groups is 1. The van der Waals surface area contributed by atoms with Gasteiger partial charge in [0, 0.05) is 19.9 Å². The van der Waals surface area contributed by atoms with Crippen molar-refractivity contribution in [2.24, 2.45) is 5.92 Å². The molecule has 0 saturated carbocycles. The van der Waals surface area contributed by atoms with Crippen molar-refractivity contribution in [3.8, 4) is 11.1 Å². The van der Waals surface area contributed by atoms with Gasteiger partial charge in [-0.1, -0.05) is 74.5 Å². The minimum absolute atomic E-state index is 0.0491. The third-order valence-corrected chi connectivity index (χ3v) is 6.50. The SMILES string of the molecule is CC(=O)NCCOC(=O)C(Cc1ccc(-c2ccc3ccccc3c2)cc1)NC(=O)N(CC(C)C)C(C)(O)C(=O)O. The molecule has 0 fully saturated rings. The summed E-state index contributed by atoms with van der Waals surface area (Å²) in [6, 6.07) is 19.6. The number of fused-ring (bicyclic) bond motifs is 1. The molecule has 0 radical (unpaired) electrons. The number of ether oxygens (including phenoxy) is 1. The highest BCUT2D eigenvalue weighted by Crippen LogP contribution is 2.25. The molecule has 0 aliphatic carbocycles. The van der Waals surface area contributed by atoms with Crippen molar-refractivity contribution in [1.82, 2.24) is 15.5 Å². The van der Waals surface area contributed by atoms with Crippen LogP contribution in [0, 0.1) is 5.92 Å². The van der Waals surface area contributed by atoms with Gasteiger partial charge in [-0.2, -0.15) is 0 Å². The molecular formula is C31H37N3O7. The summed E-state index contributed by atoms with van der Waals surface area (Å²) in [4.78, 5) is 49.9. The number of hydrogen-bond donors (Lipinski definition) is 4. The zero-order valence-corrected chi connectivity index (χ0v) is 23.7. The van der Waals surface area contributed by atoms with Gasteiger partial charge < -0.3 is 25.6 Å². The van der Waals surface area contributed by atoms with Crippen LogP contribution in [-0.2, 0) is 25.5 Å². The molecule has 0 heterocycles. The molecule has 0 aromatic heterocycles. The largest absolute Gasteiger partial charge is 0.478 e. The maximum Gasteiger partial charge on any atom is 0.357 e. The molecule has 3 amide bonds. The maximum absolute atomic E-state index is 13.2. The Hall–Kier alpha value is -4.44. The molecule has 218 valence electrons. The Labute approximate surface area is 239 Å². The van der Waals surface area contributed by atoms with Crippen LogP contribution >= 0.6 is 0 Å². The van der Waals surface area contributed by atoms with E-state index in [0.29, 0.717) is 0 Å². The predicted molar refractivity (Wildman–Crippen MR) is 155 cm³/mol. The highest BCUT2D eigenvalue weighted by molar-refractivity contribution is 5.88. The molecule has 0 bridgehead atoms. The highest BCUT2D eigenvalue weighted by Gasteiger charge is 2.42. The van der Waals surface area contributed by atoms with Gasteiger partial charge >= 0.3 is 18.0 Å². The molecule has 0 saturated heterocycles. The van der Waals surface area contributed by atoms with Crippen molar-refractivity contribution in [2.75, 3.05) is 19.7 Å². The number of carbonyl (C=O) groups is 4. The lowest BCUT2D eigenvalue weighted by molar-refractivity contribution is -0.173. The zero-order chi connectivity index (χ0) is 30.2. The van der Waals surface area contributed by atoms with Crippen LogP contribution in [0.2, 0.25) is 0 Å². The van der Waals surface area contributed by atoms with E-state index in [0.717, 1.165) is 39.3 Å². The van der Waals surface area contributed by atoms with Crippen molar-refractivity contribution < 1.29 is 34.1 Å². The first-order valence-electron chi connectivity index (χ1n) is 13.4. The lowest BCUT2D eigenvalue weighted by Gasteiger charge is -2.35. The molecular weight excluding hydrogens is 526 g/mol. The van der Waals surface area contributed by atoms with Gasteiger partial charge in [0.05, 0.1) is 6.54 Å². The van der Waals surface area contributed by atoms with Gasteiger partial charge in [0.25, 0.3) is 0 Å². The number of nitrogens with one attached hydrogen (secondary N) is 2. The van der Waals surface area contributed by atoms with E-state index in [1.54, 1.807) is 13.8 Å². The average Bonchev–Trinajstić information content (AvgIpc) is 2.93. The van der Waals surface area contributed by atoms with Gasteiger partial charge in [-0.15, -0.1) is 0 Å². The lowest BCUT2D eigenvalue weighted by Crippen LogP contribution is -2.61. The topological polar surface area (TPSA) is 145 Å². The number of benzene rings is 3. The number of esters is 1.